The normalized spacial score (nSPS) is 26.0. The Bertz CT molecular complexity index is 1250. The standard InChI is InChI=1S/C22H29FN3O8PS2/c1-13(2)32-20(29)14(3)25-35(30,34-15-7-5-4-6-8-15)31-12-22(11-23)18(28)17(27)19(33-22)26-10-9-16(36)24-21(26)37/h4-10,13-14,17-19,27-28H,11-12H2,1-3H3,(H,25,30)(H,24,36,37)/t14-,17-,18?,19+,22+,35?/m0/s1. The third kappa shape index (κ3) is 7.09. The molecule has 1 aromatic carbocycles. The van der Waals surface area contributed by atoms with E-state index in [4.69, 9.17) is 43.0 Å². The number of para-hydroxylation sites is 1. The van der Waals surface area contributed by atoms with Crippen molar-refractivity contribution in [1.82, 2.24) is 14.6 Å². The zero-order valence-electron chi connectivity index (χ0n) is 20.3. The van der Waals surface area contributed by atoms with Gasteiger partial charge in [-0.25, -0.2) is 8.96 Å². The van der Waals surface area contributed by atoms with Gasteiger partial charge in [0.1, 0.15) is 35.3 Å². The van der Waals surface area contributed by atoms with Crippen LogP contribution in [0.4, 0.5) is 4.39 Å². The van der Waals surface area contributed by atoms with Gasteiger partial charge in [0.25, 0.3) is 0 Å². The fourth-order valence-electron chi connectivity index (χ4n) is 3.49. The summed E-state index contributed by atoms with van der Waals surface area (Å²) in [6.45, 7) is 2.55. The Balaban J connectivity index is 1.86. The molecule has 0 bridgehead atoms. The Morgan fingerprint density at radius 1 is 1.27 bits per heavy atom. The summed E-state index contributed by atoms with van der Waals surface area (Å²) in [4.78, 5) is 15.0. The monoisotopic (exact) mass is 577 g/mol. The van der Waals surface area contributed by atoms with Crippen LogP contribution in [-0.4, -0.2) is 69.0 Å². The van der Waals surface area contributed by atoms with Gasteiger partial charge in [0, 0.05) is 6.20 Å². The highest BCUT2D eigenvalue weighted by atomic mass is 32.1. The number of hydrogen-bond acceptors (Lipinski definition) is 10. The fourth-order valence-corrected chi connectivity index (χ4v) is 5.54. The number of halogens is 1. The molecule has 3 rings (SSSR count). The molecular formula is C22H29FN3O8PS2. The summed E-state index contributed by atoms with van der Waals surface area (Å²) in [5.41, 5.74) is -2.15. The quantitative estimate of drug-likeness (QED) is 0.177. The minimum atomic E-state index is -4.39. The van der Waals surface area contributed by atoms with Gasteiger partial charge in [-0.3, -0.25) is 13.9 Å². The summed E-state index contributed by atoms with van der Waals surface area (Å²) in [5.74, 6) is -0.590. The van der Waals surface area contributed by atoms with Gasteiger partial charge < -0.3 is 29.2 Å². The number of aliphatic hydroxyl groups excluding tert-OH is 2. The van der Waals surface area contributed by atoms with E-state index in [9.17, 15) is 24.0 Å². The van der Waals surface area contributed by atoms with E-state index in [1.807, 2.05) is 0 Å². The second-order valence-electron chi connectivity index (χ2n) is 8.67. The Morgan fingerprint density at radius 3 is 2.54 bits per heavy atom. The summed E-state index contributed by atoms with van der Waals surface area (Å²) < 4.78 is 51.7. The maximum atomic E-state index is 14.4. The molecule has 15 heteroatoms. The van der Waals surface area contributed by atoms with E-state index in [0.717, 1.165) is 0 Å². The number of aromatic amines is 1. The van der Waals surface area contributed by atoms with Gasteiger partial charge in [-0.1, -0.05) is 30.4 Å². The highest BCUT2D eigenvalue weighted by Crippen LogP contribution is 2.48. The molecule has 1 aromatic heterocycles. The molecule has 2 unspecified atom stereocenters. The molecule has 1 aliphatic rings. The summed E-state index contributed by atoms with van der Waals surface area (Å²) in [6, 6.07) is 8.29. The molecule has 0 saturated carbocycles. The summed E-state index contributed by atoms with van der Waals surface area (Å²) >= 11 is 10.2. The van der Waals surface area contributed by atoms with Crippen LogP contribution in [0.15, 0.2) is 42.6 Å². The Labute approximate surface area is 223 Å². The molecule has 0 amide bonds. The Kier molecular flexibility index (Phi) is 9.75. The van der Waals surface area contributed by atoms with Crippen LogP contribution in [0.2, 0.25) is 0 Å². The number of esters is 1. The lowest BCUT2D eigenvalue weighted by Gasteiger charge is -2.31. The SMILES string of the molecule is CC(C)OC(=O)[C@H](C)NP(=O)(OC[C@@]1(CF)O[C@@H](n2ccc(=S)[nH]c2=S)[C@@H](O)C1O)Oc1ccccc1. The van der Waals surface area contributed by atoms with E-state index in [1.54, 1.807) is 32.0 Å². The maximum Gasteiger partial charge on any atom is 0.459 e. The Hall–Kier alpha value is -2.03. The van der Waals surface area contributed by atoms with E-state index in [-0.39, 0.29) is 10.5 Å². The van der Waals surface area contributed by atoms with Crippen molar-refractivity contribution in [1.29, 1.82) is 0 Å². The Morgan fingerprint density at radius 2 is 1.95 bits per heavy atom. The number of aromatic nitrogens is 2. The molecule has 6 atom stereocenters. The van der Waals surface area contributed by atoms with Crippen molar-refractivity contribution in [3.8, 4) is 5.75 Å². The van der Waals surface area contributed by atoms with Gasteiger partial charge in [-0.05, 0) is 51.2 Å². The minimum Gasteiger partial charge on any atom is -0.462 e. The molecule has 0 spiro atoms. The molecule has 4 N–H and O–H groups in total. The van der Waals surface area contributed by atoms with Gasteiger partial charge in [0.05, 0.1) is 12.7 Å². The lowest BCUT2D eigenvalue weighted by molar-refractivity contribution is -0.149. The molecule has 1 fully saturated rings. The van der Waals surface area contributed by atoms with Crippen molar-refractivity contribution in [2.24, 2.45) is 0 Å². The molecule has 0 aliphatic carbocycles. The van der Waals surface area contributed by atoms with Crippen molar-refractivity contribution in [2.75, 3.05) is 13.3 Å². The van der Waals surface area contributed by atoms with Gasteiger partial charge in [0.2, 0.25) is 0 Å². The zero-order valence-corrected chi connectivity index (χ0v) is 22.8. The molecule has 0 radical (unpaired) electrons. The van der Waals surface area contributed by atoms with Crippen LogP contribution in [0.1, 0.15) is 27.0 Å². The predicted octanol–water partition coefficient (Wildman–Crippen LogP) is 3.37. The number of nitrogens with zero attached hydrogens (tertiary/aromatic N) is 1. The van der Waals surface area contributed by atoms with Crippen molar-refractivity contribution in [2.45, 2.75) is 57.0 Å². The highest BCUT2D eigenvalue weighted by Gasteiger charge is 2.56. The van der Waals surface area contributed by atoms with Crippen LogP contribution in [0.5, 0.6) is 5.75 Å². The lowest BCUT2D eigenvalue weighted by atomic mass is 9.98. The van der Waals surface area contributed by atoms with E-state index in [0.29, 0.717) is 4.64 Å². The van der Waals surface area contributed by atoms with Gasteiger partial charge in [-0.15, -0.1) is 0 Å². The lowest BCUT2D eigenvalue weighted by Crippen LogP contribution is -2.49. The second kappa shape index (κ2) is 12.2. The molecule has 11 nitrogen and oxygen atoms in total. The largest absolute Gasteiger partial charge is 0.462 e. The molecule has 2 aromatic rings. The van der Waals surface area contributed by atoms with Gasteiger partial charge in [0.15, 0.2) is 16.6 Å². The highest BCUT2D eigenvalue weighted by molar-refractivity contribution is 7.72. The van der Waals surface area contributed by atoms with Crippen LogP contribution in [0.3, 0.4) is 0 Å². The number of aliphatic hydroxyl groups is 2. The van der Waals surface area contributed by atoms with Gasteiger partial charge >= 0.3 is 13.7 Å². The topological polar surface area (TPSA) is 144 Å². The average Bonchev–Trinajstić information content (AvgIpc) is 3.08. The van der Waals surface area contributed by atoms with Crippen molar-refractivity contribution in [3.05, 3.63) is 52.0 Å². The fraction of sp³-hybridized carbons (Fsp3) is 0.500. The summed E-state index contributed by atoms with van der Waals surface area (Å²) in [6.07, 6.45) is -3.75. The predicted molar refractivity (Wildman–Crippen MR) is 136 cm³/mol. The first-order valence-electron chi connectivity index (χ1n) is 11.3. The smallest absolute Gasteiger partial charge is 0.459 e. The molecule has 1 saturated heterocycles. The second-order valence-corrected chi connectivity index (χ2v) is 11.2. The number of rotatable bonds is 11. The summed E-state index contributed by atoms with van der Waals surface area (Å²) in [7, 11) is -4.39. The van der Waals surface area contributed by atoms with Crippen molar-refractivity contribution < 1.29 is 42.5 Å². The molecule has 37 heavy (non-hydrogen) atoms. The van der Waals surface area contributed by atoms with E-state index in [2.05, 4.69) is 10.1 Å². The number of nitrogens with one attached hydrogen (secondary N) is 2. The van der Waals surface area contributed by atoms with Crippen LogP contribution < -0.4 is 9.61 Å². The third-order valence-electron chi connectivity index (χ3n) is 5.37. The number of hydrogen-bond donors (Lipinski definition) is 4. The first-order chi connectivity index (χ1) is 17.4. The first kappa shape index (κ1) is 29.5. The molecule has 204 valence electrons. The van der Waals surface area contributed by atoms with Crippen LogP contribution in [0.25, 0.3) is 0 Å². The third-order valence-corrected chi connectivity index (χ3v) is 7.54. The zero-order chi connectivity index (χ0) is 27.4. The minimum absolute atomic E-state index is 0.0663. The number of benzene rings is 1. The van der Waals surface area contributed by atoms with Crippen LogP contribution in [-0.2, 0) is 23.4 Å². The molecular weight excluding hydrogens is 548 g/mol. The van der Waals surface area contributed by atoms with Crippen molar-refractivity contribution >= 4 is 38.2 Å². The maximum absolute atomic E-state index is 14.4. The van der Waals surface area contributed by atoms with E-state index >= 15 is 0 Å². The van der Waals surface area contributed by atoms with Gasteiger partial charge in [-0.2, -0.15) is 5.09 Å². The van der Waals surface area contributed by atoms with Crippen LogP contribution >= 0.6 is 32.2 Å². The summed E-state index contributed by atoms with van der Waals surface area (Å²) in [5, 5.41) is 23.9. The number of alkyl halides is 1. The first-order valence-corrected chi connectivity index (χ1v) is 13.6. The molecule has 1 aliphatic heterocycles. The number of carbonyl (C=O) groups excluding carboxylic acids is 1. The van der Waals surface area contributed by atoms with E-state index in [1.165, 1.54) is 35.9 Å². The van der Waals surface area contributed by atoms with E-state index < -0.39 is 63.2 Å². The van der Waals surface area contributed by atoms with Crippen LogP contribution in [0, 0.1) is 9.41 Å². The number of ether oxygens (including phenoxy) is 2. The molecule has 2 heterocycles. The number of H-pyrrole nitrogens is 1. The number of carbonyl (C=O) groups is 1. The van der Waals surface area contributed by atoms with Crippen molar-refractivity contribution in [3.63, 3.8) is 0 Å². The average molecular weight is 578 g/mol.